The molecule has 0 aromatic rings. The van der Waals surface area contributed by atoms with Gasteiger partial charge >= 0.3 is 5.97 Å². The third-order valence-electron chi connectivity index (χ3n) is 5.27. The molecule has 0 bridgehead atoms. The van der Waals surface area contributed by atoms with Crippen LogP contribution in [0.4, 0.5) is 0 Å². The van der Waals surface area contributed by atoms with Gasteiger partial charge in [-0.2, -0.15) is 0 Å². The summed E-state index contributed by atoms with van der Waals surface area (Å²) in [6.07, 6.45) is 3.97. The number of amides is 1. The fourth-order valence-corrected chi connectivity index (χ4v) is 3.29. The molecule has 1 saturated carbocycles. The van der Waals surface area contributed by atoms with Gasteiger partial charge in [0.15, 0.2) is 0 Å². The molecule has 5 nitrogen and oxygen atoms in total. The molecule has 0 radical (unpaired) electrons. The second-order valence-corrected chi connectivity index (χ2v) is 6.94. The Labute approximate surface area is 127 Å². The number of nitrogens with one attached hydrogen (secondary N) is 1. The van der Waals surface area contributed by atoms with E-state index in [1.807, 2.05) is 20.8 Å². The van der Waals surface area contributed by atoms with Crippen LogP contribution in [-0.2, 0) is 9.59 Å². The van der Waals surface area contributed by atoms with Gasteiger partial charge in [-0.05, 0) is 30.6 Å². The molecule has 0 spiro atoms. The predicted molar refractivity (Wildman–Crippen MR) is 82.7 cm³/mol. The van der Waals surface area contributed by atoms with Crippen molar-refractivity contribution in [3.63, 3.8) is 0 Å². The lowest BCUT2D eigenvalue weighted by molar-refractivity contribution is -0.150. The SMILES string of the molecule is CCCCC(N)C(=O)NC1CCC(C(=O)O)C(C)(C)C1C. The van der Waals surface area contributed by atoms with Crippen LogP contribution in [0.5, 0.6) is 0 Å². The van der Waals surface area contributed by atoms with Crippen LogP contribution in [0, 0.1) is 17.3 Å². The van der Waals surface area contributed by atoms with Gasteiger partial charge in [-0.15, -0.1) is 0 Å². The van der Waals surface area contributed by atoms with Crippen LogP contribution >= 0.6 is 0 Å². The van der Waals surface area contributed by atoms with E-state index >= 15 is 0 Å². The van der Waals surface area contributed by atoms with Gasteiger partial charge < -0.3 is 16.2 Å². The average Bonchev–Trinajstić information content (AvgIpc) is 2.40. The summed E-state index contributed by atoms with van der Waals surface area (Å²) in [6, 6.07) is -0.451. The summed E-state index contributed by atoms with van der Waals surface area (Å²) in [5, 5.41) is 12.4. The van der Waals surface area contributed by atoms with Crippen molar-refractivity contribution in [1.29, 1.82) is 0 Å². The molecule has 0 heterocycles. The van der Waals surface area contributed by atoms with E-state index in [0.717, 1.165) is 12.8 Å². The topological polar surface area (TPSA) is 92.4 Å². The minimum atomic E-state index is -0.740. The second kappa shape index (κ2) is 7.25. The highest BCUT2D eigenvalue weighted by atomic mass is 16.4. The number of carbonyl (C=O) groups is 2. The summed E-state index contributed by atoms with van der Waals surface area (Å²) in [5.41, 5.74) is 5.57. The van der Waals surface area contributed by atoms with Crippen LogP contribution in [0.25, 0.3) is 0 Å². The number of rotatable bonds is 6. The fraction of sp³-hybridized carbons (Fsp3) is 0.875. The van der Waals surface area contributed by atoms with E-state index in [4.69, 9.17) is 5.73 Å². The minimum Gasteiger partial charge on any atom is -0.481 e. The van der Waals surface area contributed by atoms with Crippen molar-refractivity contribution < 1.29 is 14.7 Å². The Bertz CT molecular complexity index is 382. The third kappa shape index (κ3) is 4.19. The maximum atomic E-state index is 12.1. The van der Waals surface area contributed by atoms with Gasteiger partial charge in [0.2, 0.25) is 5.91 Å². The molecule has 0 aromatic heterocycles. The van der Waals surface area contributed by atoms with E-state index < -0.39 is 12.0 Å². The standard InChI is InChI=1S/C16H30N2O3/c1-5-6-7-12(17)14(19)18-13-9-8-11(15(20)21)16(3,4)10(13)2/h10-13H,5-9,17H2,1-4H3,(H,18,19)(H,20,21). The van der Waals surface area contributed by atoms with Crippen LogP contribution < -0.4 is 11.1 Å². The first-order chi connectivity index (χ1) is 9.71. The highest BCUT2D eigenvalue weighted by Crippen LogP contribution is 2.45. The molecular weight excluding hydrogens is 268 g/mol. The molecule has 1 rings (SSSR count). The molecule has 0 aromatic carbocycles. The van der Waals surface area contributed by atoms with E-state index in [1.54, 1.807) is 0 Å². The van der Waals surface area contributed by atoms with Crippen molar-refractivity contribution in [3.05, 3.63) is 0 Å². The number of hydrogen-bond donors (Lipinski definition) is 3. The number of carboxylic acid groups (broad SMARTS) is 1. The Balaban J connectivity index is 2.66. The van der Waals surface area contributed by atoms with E-state index in [0.29, 0.717) is 19.3 Å². The molecule has 1 aliphatic carbocycles. The first kappa shape index (κ1) is 18.0. The Morgan fingerprint density at radius 1 is 1.38 bits per heavy atom. The van der Waals surface area contributed by atoms with Gasteiger partial charge in [-0.1, -0.05) is 40.5 Å². The summed E-state index contributed by atoms with van der Waals surface area (Å²) in [6.45, 7) is 8.05. The monoisotopic (exact) mass is 298 g/mol. The molecule has 4 atom stereocenters. The molecular formula is C16H30N2O3. The molecule has 21 heavy (non-hydrogen) atoms. The fourth-order valence-electron chi connectivity index (χ4n) is 3.29. The Kier molecular flexibility index (Phi) is 6.20. The van der Waals surface area contributed by atoms with Crippen molar-refractivity contribution in [3.8, 4) is 0 Å². The number of nitrogens with two attached hydrogens (primary N) is 1. The minimum absolute atomic E-state index is 0.00998. The number of carbonyl (C=O) groups excluding carboxylic acids is 1. The van der Waals surface area contributed by atoms with Gasteiger partial charge in [0, 0.05) is 6.04 Å². The van der Waals surface area contributed by atoms with Crippen LogP contribution in [0.3, 0.4) is 0 Å². The molecule has 4 unspecified atom stereocenters. The molecule has 122 valence electrons. The smallest absolute Gasteiger partial charge is 0.307 e. The van der Waals surface area contributed by atoms with Crippen LogP contribution in [0.15, 0.2) is 0 Å². The maximum Gasteiger partial charge on any atom is 0.307 e. The van der Waals surface area contributed by atoms with E-state index in [9.17, 15) is 14.7 Å². The van der Waals surface area contributed by atoms with Crippen molar-refractivity contribution in [2.75, 3.05) is 0 Å². The van der Waals surface area contributed by atoms with E-state index in [2.05, 4.69) is 12.2 Å². The van der Waals surface area contributed by atoms with Crippen molar-refractivity contribution in [1.82, 2.24) is 5.32 Å². The highest BCUT2D eigenvalue weighted by Gasteiger charge is 2.46. The third-order valence-corrected chi connectivity index (χ3v) is 5.27. The largest absolute Gasteiger partial charge is 0.481 e. The molecule has 0 aliphatic heterocycles. The van der Waals surface area contributed by atoms with E-state index in [-0.39, 0.29) is 29.2 Å². The van der Waals surface area contributed by atoms with Gasteiger partial charge in [0.25, 0.3) is 0 Å². The summed E-state index contributed by atoms with van der Waals surface area (Å²) in [5.74, 6) is -1.09. The molecule has 4 N–H and O–H groups in total. The normalized spacial score (nSPS) is 29.7. The number of unbranched alkanes of at least 4 members (excludes halogenated alkanes) is 1. The van der Waals surface area contributed by atoms with Crippen LogP contribution in [-0.4, -0.2) is 29.1 Å². The lowest BCUT2D eigenvalue weighted by Crippen LogP contribution is -2.55. The summed E-state index contributed by atoms with van der Waals surface area (Å²) in [7, 11) is 0. The molecule has 1 amide bonds. The van der Waals surface area contributed by atoms with E-state index in [1.165, 1.54) is 0 Å². The zero-order valence-electron chi connectivity index (χ0n) is 13.7. The quantitative estimate of drug-likeness (QED) is 0.700. The zero-order chi connectivity index (χ0) is 16.2. The van der Waals surface area contributed by atoms with Gasteiger partial charge in [-0.3, -0.25) is 9.59 Å². The lowest BCUT2D eigenvalue weighted by atomic mass is 9.61. The molecule has 1 aliphatic rings. The maximum absolute atomic E-state index is 12.1. The van der Waals surface area contributed by atoms with Crippen LogP contribution in [0.1, 0.15) is 59.8 Å². The summed E-state index contributed by atoms with van der Waals surface area (Å²) >= 11 is 0. The Morgan fingerprint density at radius 2 is 2.00 bits per heavy atom. The van der Waals surface area contributed by atoms with Gasteiger partial charge in [-0.25, -0.2) is 0 Å². The number of aliphatic carboxylic acids is 1. The number of hydrogen-bond acceptors (Lipinski definition) is 3. The first-order valence-electron chi connectivity index (χ1n) is 8.00. The first-order valence-corrected chi connectivity index (χ1v) is 8.00. The Morgan fingerprint density at radius 3 is 2.52 bits per heavy atom. The van der Waals surface area contributed by atoms with Crippen molar-refractivity contribution in [2.24, 2.45) is 23.0 Å². The Hall–Kier alpha value is -1.10. The van der Waals surface area contributed by atoms with Gasteiger partial charge in [0.05, 0.1) is 12.0 Å². The zero-order valence-corrected chi connectivity index (χ0v) is 13.7. The van der Waals surface area contributed by atoms with Crippen molar-refractivity contribution in [2.45, 2.75) is 71.9 Å². The molecule has 5 heteroatoms. The number of carboxylic acids is 1. The van der Waals surface area contributed by atoms with Gasteiger partial charge in [0.1, 0.15) is 0 Å². The van der Waals surface area contributed by atoms with Crippen LogP contribution in [0.2, 0.25) is 0 Å². The molecule has 1 fully saturated rings. The predicted octanol–water partition coefficient (Wildman–Crippen LogP) is 2.15. The average molecular weight is 298 g/mol. The highest BCUT2D eigenvalue weighted by molar-refractivity contribution is 5.81. The summed E-state index contributed by atoms with van der Waals surface area (Å²) < 4.78 is 0. The lowest BCUT2D eigenvalue weighted by Gasteiger charge is -2.46. The second-order valence-electron chi connectivity index (χ2n) is 6.94. The van der Waals surface area contributed by atoms with Crippen molar-refractivity contribution >= 4 is 11.9 Å². The summed E-state index contributed by atoms with van der Waals surface area (Å²) in [4.78, 5) is 23.5. The molecule has 0 saturated heterocycles.